The Morgan fingerprint density at radius 1 is 0.969 bits per heavy atom. The van der Waals surface area contributed by atoms with Crippen LogP contribution >= 0.6 is 0 Å². The lowest BCUT2D eigenvalue weighted by atomic mass is 10.1. The second-order valence-electron chi connectivity index (χ2n) is 9.02. The quantitative estimate of drug-likeness (QED) is 0.451. The second-order valence-corrected chi connectivity index (χ2v) is 10.8. The number of hydrogen-bond donors (Lipinski definition) is 1. The maximum absolute atomic E-state index is 12.7. The van der Waals surface area contributed by atoms with Crippen molar-refractivity contribution in [1.82, 2.24) is 9.03 Å². The first-order valence-corrected chi connectivity index (χ1v) is 11.4. The van der Waals surface area contributed by atoms with Crippen molar-refractivity contribution in [2.45, 2.75) is 71.8 Å². The summed E-state index contributed by atoms with van der Waals surface area (Å²) in [5.41, 5.74) is -1.12. The molecule has 0 aromatic heterocycles. The average Bonchev–Trinajstić information content (AvgIpc) is 2.61. The number of carbonyl (C=O) groups excluding carboxylic acids is 3. The lowest BCUT2D eigenvalue weighted by Gasteiger charge is -2.29. The number of likely N-dealkylation sites (N-methyl/N-ethyl adjacent to an activating group) is 1. The van der Waals surface area contributed by atoms with E-state index >= 15 is 0 Å². The number of esters is 2. The standard InChI is InChI=1S/C21H32N2O8S/c1-20(2,3)30-17(24)13-16(18(25)31-21(4,5)6)23(7)32(27,28)22-19(26)29-14-15-11-9-8-10-12-15/h8-12,16H,13-14H2,1-7H3,(H,22,26)/t16-/m0/s1. The van der Waals surface area contributed by atoms with E-state index in [-0.39, 0.29) is 6.61 Å². The molecule has 0 saturated heterocycles. The van der Waals surface area contributed by atoms with E-state index in [4.69, 9.17) is 14.2 Å². The van der Waals surface area contributed by atoms with Crippen LogP contribution in [0.15, 0.2) is 30.3 Å². The van der Waals surface area contributed by atoms with Gasteiger partial charge in [0.2, 0.25) is 0 Å². The van der Waals surface area contributed by atoms with Gasteiger partial charge in [0.05, 0.1) is 6.42 Å². The zero-order chi connectivity index (χ0) is 24.7. The zero-order valence-corrected chi connectivity index (χ0v) is 20.3. The van der Waals surface area contributed by atoms with Crippen LogP contribution in [0.4, 0.5) is 4.79 Å². The Balaban J connectivity index is 2.96. The highest BCUT2D eigenvalue weighted by atomic mass is 32.2. The Kier molecular flexibility index (Phi) is 9.22. The summed E-state index contributed by atoms with van der Waals surface area (Å²) in [6.07, 6.45) is -1.84. The van der Waals surface area contributed by atoms with Crippen LogP contribution in [0.5, 0.6) is 0 Å². The highest BCUT2D eigenvalue weighted by Crippen LogP contribution is 2.17. The number of hydrogen-bond acceptors (Lipinski definition) is 8. The maximum atomic E-state index is 12.7. The third-order valence-electron chi connectivity index (χ3n) is 3.70. The molecule has 0 unspecified atom stereocenters. The summed E-state index contributed by atoms with van der Waals surface area (Å²) in [6.45, 7) is 9.56. The largest absolute Gasteiger partial charge is 0.460 e. The van der Waals surface area contributed by atoms with Gasteiger partial charge in [-0.05, 0) is 47.1 Å². The summed E-state index contributed by atoms with van der Waals surface area (Å²) in [5.74, 6) is -1.77. The molecule has 1 rings (SSSR count). The van der Waals surface area contributed by atoms with Crippen molar-refractivity contribution in [2.75, 3.05) is 7.05 Å². The number of ether oxygens (including phenoxy) is 3. The molecule has 1 atom stereocenters. The molecule has 0 heterocycles. The Bertz CT molecular complexity index is 902. The molecule has 0 saturated carbocycles. The van der Waals surface area contributed by atoms with Crippen LogP contribution in [0, 0.1) is 0 Å². The van der Waals surface area contributed by atoms with Gasteiger partial charge in [0.25, 0.3) is 0 Å². The minimum Gasteiger partial charge on any atom is -0.460 e. The van der Waals surface area contributed by atoms with Crippen LogP contribution < -0.4 is 4.72 Å². The van der Waals surface area contributed by atoms with Gasteiger partial charge in [0.15, 0.2) is 0 Å². The minimum atomic E-state index is -4.55. The fourth-order valence-corrected chi connectivity index (χ4v) is 3.28. The minimum absolute atomic E-state index is 0.153. The van der Waals surface area contributed by atoms with Crippen molar-refractivity contribution in [3.05, 3.63) is 35.9 Å². The normalized spacial score (nSPS) is 13.2. The summed E-state index contributed by atoms with van der Waals surface area (Å²) in [6, 6.07) is 7.10. The van der Waals surface area contributed by atoms with E-state index in [2.05, 4.69) is 0 Å². The predicted molar refractivity (Wildman–Crippen MR) is 117 cm³/mol. The molecule has 11 heteroatoms. The molecule has 0 aliphatic heterocycles. The van der Waals surface area contributed by atoms with Gasteiger partial charge in [0, 0.05) is 7.05 Å². The van der Waals surface area contributed by atoms with Crippen LogP contribution in [0.2, 0.25) is 0 Å². The monoisotopic (exact) mass is 472 g/mol. The lowest BCUT2D eigenvalue weighted by molar-refractivity contribution is -0.166. The van der Waals surface area contributed by atoms with Crippen molar-refractivity contribution < 1.29 is 37.0 Å². The van der Waals surface area contributed by atoms with Crippen molar-refractivity contribution in [3.8, 4) is 0 Å². The van der Waals surface area contributed by atoms with Crippen LogP contribution in [-0.2, 0) is 40.6 Å². The Labute approximate surface area is 189 Å². The van der Waals surface area contributed by atoms with Crippen molar-refractivity contribution >= 4 is 28.2 Å². The van der Waals surface area contributed by atoms with Gasteiger partial charge in [-0.25, -0.2) is 9.52 Å². The Morgan fingerprint density at radius 3 is 2.00 bits per heavy atom. The fraction of sp³-hybridized carbons (Fsp3) is 0.571. The van der Waals surface area contributed by atoms with E-state index in [0.29, 0.717) is 9.87 Å². The summed E-state index contributed by atoms with van der Waals surface area (Å²) in [5, 5.41) is 0. The number of benzene rings is 1. The van der Waals surface area contributed by atoms with E-state index in [0.717, 1.165) is 7.05 Å². The fourth-order valence-electron chi connectivity index (χ4n) is 2.37. The topological polar surface area (TPSA) is 128 Å². The Hall–Kier alpha value is -2.66. The predicted octanol–water partition coefficient (Wildman–Crippen LogP) is 2.53. The lowest BCUT2D eigenvalue weighted by Crippen LogP contribution is -2.51. The molecular weight excluding hydrogens is 440 g/mol. The van der Waals surface area contributed by atoms with Crippen LogP contribution in [0.25, 0.3) is 0 Å². The van der Waals surface area contributed by atoms with Crippen molar-refractivity contribution in [3.63, 3.8) is 0 Å². The summed E-state index contributed by atoms with van der Waals surface area (Å²) < 4.78 is 43.0. The molecule has 10 nitrogen and oxygen atoms in total. The molecule has 0 aliphatic rings. The molecule has 1 aromatic carbocycles. The van der Waals surface area contributed by atoms with Gasteiger partial charge in [-0.15, -0.1) is 0 Å². The molecule has 0 aliphatic carbocycles. The van der Waals surface area contributed by atoms with Gasteiger partial charge in [-0.1, -0.05) is 30.3 Å². The van der Waals surface area contributed by atoms with Gasteiger partial charge < -0.3 is 14.2 Å². The van der Waals surface area contributed by atoms with Crippen LogP contribution in [0.3, 0.4) is 0 Å². The molecule has 180 valence electrons. The molecular formula is C21H32N2O8S. The first kappa shape index (κ1) is 27.4. The van der Waals surface area contributed by atoms with Crippen molar-refractivity contribution in [2.24, 2.45) is 0 Å². The summed E-state index contributed by atoms with van der Waals surface area (Å²) >= 11 is 0. The van der Waals surface area contributed by atoms with E-state index in [1.54, 1.807) is 76.6 Å². The summed E-state index contributed by atoms with van der Waals surface area (Å²) in [7, 11) is -3.51. The molecule has 32 heavy (non-hydrogen) atoms. The molecule has 0 spiro atoms. The first-order valence-electron chi connectivity index (χ1n) is 9.91. The third-order valence-corrected chi connectivity index (χ3v) is 5.14. The molecule has 1 N–H and O–H groups in total. The van der Waals surface area contributed by atoms with Gasteiger partial charge in [0.1, 0.15) is 23.9 Å². The van der Waals surface area contributed by atoms with Gasteiger partial charge in [-0.3, -0.25) is 9.59 Å². The molecule has 0 radical (unpaired) electrons. The molecule has 0 fully saturated rings. The number of nitrogens with one attached hydrogen (secondary N) is 1. The van der Waals surface area contributed by atoms with Gasteiger partial charge >= 0.3 is 28.2 Å². The third kappa shape index (κ3) is 10.1. The number of amides is 1. The van der Waals surface area contributed by atoms with E-state index in [1.165, 1.54) is 0 Å². The van der Waals surface area contributed by atoms with E-state index in [9.17, 15) is 22.8 Å². The Morgan fingerprint density at radius 2 is 1.50 bits per heavy atom. The number of carbonyl (C=O) groups is 3. The SMILES string of the molecule is CN([C@@H](CC(=O)OC(C)(C)C)C(=O)OC(C)(C)C)S(=O)(=O)NC(=O)OCc1ccccc1. The smallest absolute Gasteiger partial charge is 0.422 e. The first-order chi connectivity index (χ1) is 14.5. The number of rotatable bonds is 8. The second kappa shape index (κ2) is 10.8. The molecule has 0 bridgehead atoms. The van der Waals surface area contributed by atoms with E-state index in [1.807, 2.05) is 0 Å². The summed E-state index contributed by atoms with van der Waals surface area (Å²) in [4.78, 5) is 37.0. The maximum Gasteiger partial charge on any atom is 0.422 e. The van der Waals surface area contributed by atoms with Crippen molar-refractivity contribution in [1.29, 1.82) is 0 Å². The highest BCUT2D eigenvalue weighted by Gasteiger charge is 2.38. The zero-order valence-electron chi connectivity index (χ0n) is 19.5. The molecule has 1 aromatic rings. The van der Waals surface area contributed by atoms with Gasteiger partial charge in [-0.2, -0.15) is 12.7 Å². The number of nitrogens with zero attached hydrogens (tertiary/aromatic N) is 1. The van der Waals surface area contributed by atoms with Crippen LogP contribution in [-0.4, -0.2) is 55.0 Å². The van der Waals surface area contributed by atoms with E-state index < -0.39 is 51.9 Å². The van der Waals surface area contributed by atoms with Crippen LogP contribution in [0.1, 0.15) is 53.5 Å². The average molecular weight is 473 g/mol. The highest BCUT2D eigenvalue weighted by molar-refractivity contribution is 7.87. The molecule has 1 amide bonds.